The van der Waals surface area contributed by atoms with Crippen LogP contribution in [0.5, 0.6) is 0 Å². The number of aryl methyl sites for hydroxylation is 1. The Hall–Kier alpha value is -2.17. The minimum atomic E-state index is -0.836. The van der Waals surface area contributed by atoms with Crippen molar-refractivity contribution in [2.24, 2.45) is 0 Å². The SMILES string of the molecule is CCC(C(=O)Nc1nnc(COC)s1)N1C(=O)C(=O)c2cc(Br)cc(C)c21. The van der Waals surface area contributed by atoms with Crippen molar-refractivity contribution >= 4 is 55.7 Å². The van der Waals surface area contributed by atoms with E-state index in [1.165, 1.54) is 16.2 Å². The minimum absolute atomic E-state index is 0.297. The molecule has 10 heteroatoms. The molecule has 0 aliphatic carbocycles. The standard InChI is InChI=1S/C17H17BrN4O4S/c1-4-11(15(24)19-17-21-20-12(27-17)7-26-3)22-13-8(2)5-9(18)6-10(13)14(23)16(22)25/h5-6,11H,4,7H2,1-3H3,(H,19,21,24). The van der Waals surface area contributed by atoms with E-state index < -0.39 is 23.6 Å². The Morgan fingerprint density at radius 1 is 1.37 bits per heavy atom. The fraction of sp³-hybridized carbons (Fsp3) is 0.353. The van der Waals surface area contributed by atoms with Gasteiger partial charge < -0.3 is 4.74 Å². The van der Waals surface area contributed by atoms with Gasteiger partial charge in [0.2, 0.25) is 11.0 Å². The first-order valence-electron chi connectivity index (χ1n) is 8.17. The van der Waals surface area contributed by atoms with Crippen molar-refractivity contribution in [3.63, 3.8) is 0 Å². The number of rotatable bonds is 6. The summed E-state index contributed by atoms with van der Waals surface area (Å²) in [4.78, 5) is 39.1. The second kappa shape index (κ2) is 7.83. The van der Waals surface area contributed by atoms with Crippen LogP contribution < -0.4 is 10.2 Å². The van der Waals surface area contributed by atoms with Gasteiger partial charge in [0.15, 0.2) is 0 Å². The van der Waals surface area contributed by atoms with E-state index >= 15 is 0 Å². The molecule has 1 aliphatic rings. The number of ether oxygens (including phenoxy) is 1. The number of methoxy groups -OCH3 is 1. The number of Topliss-reactive ketones (excluding diaryl/α,β-unsaturated/α-hetero) is 1. The number of aromatic nitrogens is 2. The number of carbonyl (C=O) groups is 3. The van der Waals surface area contributed by atoms with Gasteiger partial charge in [-0.3, -0.25) is 24.6 Å². The average molecular weight is 453 g/mol. The smallest absolute Gasteiger partial charge is 0.300 e. The molecule has 0 fully saturated rings. The maximum atomic E-state index is 12.8. The first kappa shape index (κ1) is 19.6. The van der Waals surface area contributed by atoms with Crippen molar-refractivity contribution in [1.29, 1.82) is 0 Å². The van der Waals surface area contributed by atoms with Gasteiger partial charge in [0.05, 0.1) is 11.3 Å². The summed E-state index contributed by atoms with van der Waals surface area (Å²) in [6.07, 6.45) is 0.337. The van der Waals surface area contributed by atoms with Crippen LogP contribution in [0.15, 0.2) is 16.6 Å². The van der Waals surface area contributed by atoms with Gasteiger partial charge in [0.1, 0.15) is 17.7 Å². The normalized spacial score (nSPS) is 14.4. The molecule has 142 valence electrons. The molecule has 1 N–H and O–H groups in total. The van der Waals surface area contributed by atoms with Crippen LogP contribution in [0.3, 0.4) is 0 Å². The lowest BCUT2D eigenvalue weighted by atomic mass is 10.1. The Labute approximate surface area is 168 Å². The van der Waals surface area contributed by atoms with E-state index in [1.54, 1.807) is 27.0 Å². The lowest BCUT2D eigenvalue weighted by molar-refractivity contribution is -0.121. The van der Waals surface area contributed by atoms with Gasteiger partial charge in [-0.05, 0) is 31.0 Å². The van der Waals surface area contributed by atoms with Crippen molar-refractivity contribution in [2.75, 3.05) is 17.3 Å². The second-order valence-corrected chi connectivity index (χ2v) is 7.95. The van der Waals surface area contributed by atoms with Gasteiger partial charge in [-0.25, -0.2) is 0 Å². The van der Waals surface area contributed by atoms with Crippen LogP contribution in [0.1, 0.15) is 34.3 Å². The molecule has 1 aliphatic heterocycles. The number of hydrogen-bond donors (Lipinski definition) is 1. The molecule has 0 radical (unpaired) electrons. The van der Waals surface area contributed by atoms with E-state index in [2.05, 4.69) is 31.4 Å². The number of ketones is 1. The zero-order valence-corrected chi connectivity index (χ0v) is 17.3. The molecule has 0 saturated heterocycles. The first-order chi connectivity index (χ1) is 12.9. The number of amides is 2. The molecule has 3 rings (SSSR count). The zero-order chi connectivity index (χ0) is 19.7. The third-order valence-electron chi connectivity index (χ3n) is 4.13. The minimum Gasteiger partial charge on any atom is -0.377 e. The van der Waals surface area contributed by atoms with Crippen LogP contribution in [-0.4, -0.2) is 40.9 Å². The Balaban J connectivity index is 1.90. The van der Waals surface area contributed by atoms with Gasteiger partial charge in [-0.15, -0.1) is 10.2 Å². The molecular weight excluding hydrogens is 436 g/mol. The topological polar surface area (TPSA) is 101 Å². The van der Waals surface area contributed by atoms with E-state index in [1.807, 2.05) is 6.07 Å². The highest BCUT2D eigenvalue weighted by Gasteiger charge is 2.43. The van der Waals surface area contributed by atoms with Gasteiger partial charge in [-0.1, -0.05) is 34.2 Å². The fourth-order valence-electron chi connectivity index (χ4n) is 3.01. The summed E-state index contributed by atoms with van der Waals surface area (Å²) < 4.78 is 5.69. The van der Waals surface area contributed by atoms with Crippen molar-refractivity contribution in [3.05, 3.63) is 32.7 Å². The summed E-state index contributed by atoms with van der Waals surface area (Å²) in [5.41, 5.74) is 1.52. The number of halogens is 1. The molecule has 1 unspecified atom stereocenters. The van der Waals surface area contributed by atoms with Crippen LogP contribution in [0, 0.1) is 6.92 Å². The lowest BCUT2D eigenvalue weighted by Crippen LogP contribution is -2.46. The Bertz CT molecular complexity index is 930. The highest BCUT2D eigenvalue weighted by Crippen LogP contribution is 2.37. The van der Waals surface area contributed by atoms with E-state index in [4.69, 9.17) is 4.74 Å². The Kier molecular flexibility index (Phi) is 5.68. The molecule has 2 amide bonds. The van der Waals surface area contributed by atoms with Crippen LogP contribution in [0.2, 0.25) is 0 Å². The molecule has 8 nitrogen and oxygen atoms in total. The maximum absolute atomic E-state index is 12.8. The summed E-state index contributed by atoms with van der Waals surface area (Å²) in [6, 6.07) is 2.58. The number of benzene rings is 1. The van der Waals surface area contributed by atoms with E-state index in [0.29, 0.717) is 38.9 Å². The average Bonchev–Trinajstić information content (AvgIpc) is 3.14. The number of anilines is 2. The highest BCUT2D eigenvalue weighted by molar-refractivity contribution is 9.10. The number of hydrogen-bond acceptors (Lipinski definition) is 7. The molecule has 0 saturated carbocycles. The third kappa shape index (κ3) is 3.64. The molecule has 1 aromatic carbocycles. The zero-order valence-electron chi connectivity index (χ0n) is 14.9. The summed E-state index contributed by atoms with van der Waals surface area (Å²) in [5, 5.41) is 11.4. The molecule has 1 atom stereocenters. The number of carbonyl (C=O) groups excluding carboxylic acids is 3. The molecule has 0 bridgehead atoms. The Morgan fingerprint density at radius 3 is 2.78 bits per heavy atom. The number of nitrogens with zero attached hydrogens (tertiary/aromatic N) is 3. The van der Waals surface area contributed by atoms with Crippen molar-refractivity contribution < 1.29 is 19.1 Å². The monoisotopic (exact) mass is 452 g/mol. The maximum Gasteiger partial charge on any atom is 0.300 e. The molecular formula is C17H17BrN4O4S. The van der Waals surface area contributed by atoms with Crippen LogP contribution in [0.4, 0.5) is 10.8 Å². The predicted molar refractivity (Wildman–Crippen MR) is 104 cm³/mol. The first-order valence-corrected chi connectivity index (χ1v) is 9.78. The number of fused-ring (bicyclic) bond motifs is 1. The highest BCUT2D eigenvalue weighted by atomic mass is 79.9. The van der Waals surface area contributed by atoms with Crippen molar-refractivity contribution in [3.8, 4) is 0 Å². The van der Waals surface area contributed by atoms with E-state index in [-0.39, 0.29) is 0 Å². The largest absolute Gasteiger partial charge is 0.377 e. The summed E-state index contributed by atoms with van der Waals surface area (Å²) >= 11 is 4.53. The fourth-order valence-corrected chi connectivity index (χ4v) is 4.30. The molecule has 1 aromatic heterocycles. The molecule has 2 heterocycles. The molecule has 0 spiro atoms. The van der Waals surface area contributed by atoms with Crippen molar-refractivity contribution in [1.82, 2.24) is 10.2 Å². The summed E-state index contributed by atoms with van der Waals surface area (Å²) in [6.45, 7) is 3.88. The molecule has 2 aromatic rings. The summed E-state index contributed by atoms with van der Waals surface area (Å²) in [7, 11) is 1.54. The van der Waals surface area contributed by atoms with E-state index in [9.17, 15) is 14.4 Å². The Morgan fingerprint density at radius 2 is 2.11 bits per heavy atom. The van der Waals surface area contributed by atoms with Crippen LogP contribution in [-0.2, 0) is 20.9 Å². The van der Waals surface area contributed by atoms with Crippen molar-refractivity contribution in [2.45, 2.75) is 32.9 Å². The quantitative estimate of drug-likeness (QED) is 0.675. The van der Waals surface area contributed by atoms with Crippen LogP contribution in [0.25, 0.3) is 0 Å². The predicted octanol–water partition coefficient (Wildman–Crippen LogP) is 2.70. The van der Waals surface area contributed by atoms with Gasteiger partial charge in [-0.2, -0.15) is 0 Å². The third-order valence-corrected chi connectivity index (χ3v) is 5.40. The van der Waals surface area contributed by atoms with E-state index in [0.717, 1.165) is 5.56 Å². The van der Waals surface area contributed by atoms with Crippen LogP contribution >= 0.6 is 27.3 Å². The second-order valence-electron chi connectivity index (χ2n) is 5.97. The van der Waals surface area contributed by atoms with Gasteiger partial charge in [0.25, 0.3) is 11.7 Å². The van der Waals surface area contributed by atoms with Gasteiger partial charge in [0, 0.05) is 11.6 Å². The van der Waals surface area contributed by atoms with Gasteiger partial charge >= 0.3 is 0 Å². The molecule has 27 heavy (non-hydrogen) atoms. The summed E-state index contributed by atoms with van der Waals surface area (Å²) in [5.74, 6) is -1.74. The lowest BCUT2D eigenvalue weighted by Gasteiger charge is -2.26. The number of nitrogens with one attached hydrogen (secondary N) is 1.